The first-order chi connectivity index (χ1) is 9.05. The number of hydrogen-bond donors (Lipinski definition) is 1. The third-order valence-corrected chi connectivity index (χ3v) is 3.59. The fraction of sp³-hybridized carbons (Fsp3) is 0.571. The molecule has 1 saturated carbocycles. The van der Waals surface area contributed by atoms with Crippen molar-refractivity contribution in [2.45, 2.75) is 38.3 Å². The lowest BCUT2D eigenvalue weighted by Crippen LogP contribution is -2.54. The highest BCUT2D eigenvalue weighted by atomic mass is 16.3. The summed E-state index contributed by atoms with van der Waals surface area (Å²) in [5.41, 5.74) is 5.33. The molecule has 5 nitrogen and oxygen atoms in total. The molecule has 0 spiro atoms. The molecule has 1 fully saturated rings. The molecule has 1 amide bonds. The smallest absolute Gasteiger partial charge is 0.243 e. The topological polar surface area (TPSA) is 83.3 Å². The average molecular weight is 261 g/mol. The summed E-state index contributed by atoms with van der Waals surface area (Å²) in [7, 11) is 0. The number of nitriles is 1. The summed E-state index contributed by atoms with van der Waals surface area (Å²) in [5.74, 6) is 0.876. The second-order valence-corrected chi connectivity index (χ2v) is 5.27. The van der Waals surface area contributed by atoms with Gasteiger partial charge in [-0.05, 0) is 37.8 Å². The van der Waals surface area contributed by atoms with E-state index in [1.54, 1.807) is 24.2 Å². The maximum atomic E-state index is 12.5. The zero-order valence-corrected chi connectivity index (χ0v) is 11.1. The number of rotatable bonds is 6. The highest BCUT2D eigenvalue weighted by Crippen LogP contribution is 2.39. The van der Waals surface area contributed by atoms with Crippen LogP contribution < -0.4 is 5.73 Å². The molecule has 0 bridgehead atoms. The van der Waals surface area contributed by atoms with Crippen LogP contribution in [0.1, 0.15) is 31.9 Å². The van der Waals surface area contributed by atoms with Crippen molar-refractivity contribution in [3.8, 4) is 6.07 Å². The van der Waals surface area contributed by atoms with Crippen molar-refractivity contribution < 1.29 is 9.21 Å². The molecule has 0 saturated heterocycles. The van der Waals surface area contributed by atoms with E-state index in [0.29, 0.717) is 25.3 Å². The van der Waals surface area contributed by atoms with Crippen molar-refractivity contribution in [3.05, 3.63) is 24.2 Å². The zero-order valence-electron chi connectivity index (χ0n) is 11.1. The molecule has 1 aliphatic rings. The van der Waals surface area contributed by atoms with E-state index in [9.17, 15) is 4.79 Å². The Morgan fingerprint density at radius 1 is 1.68 bits per heavy atom. The predicted molar refractivity (Wildman–Crippen MR) is 69.7 cm³/mol. The van der Waals surface area contributed by atoms with Crippen LogP contribution in [0, 0.1) is 17.2 Å². The molecule has 0 radical (unpaired) electrons. The molecular formula is C14H19N3O2. The van der Waals surface area contributed by atoms with Crippen molar-refractivity contribution >= 4 is 5.91 Å². The van der Waals surface area contributed by atoms with Crippen LogP contribution in [0.2, 0.25) is 0 Å². The molecule has 1 unspecified atom stereocenters. The molecule has 0 aliphatic heterocycles. The molecule has 1 heterocycles. The Balaban J connectivity index is 2.08. The molecule has 1 aliphatic carbocycles. The third-order valence-electron chi connectivity index (χ3n) is 3.59. The van der Waals surface area contributed by atoms with E-state index in [2.05, 4.69) is 6.07 Å². The lowest BCUT2D eigenvalue weighted by molar-refractivity contribution is -0.138. The van der Waals surface area contributed by atoms with Crippen molar-refractivity contribution in [2.24, 2.45) is 11.7 Å². The SMILES string of the molecule is CC(N)(C(=O)N(CCC#N)Cc1ccco1)C1CC1. The molecule has 1 atom stereocenters. The molecular weight excluding hydrogens is 242 g/mol. The Kier molecular flexibility index (Phi) is 3.91. The van der Waals surface area contributed by atoms with E-state index in [1.165, 1.54) is 0 Å². The first kappa shape index (κ1) is 13.6. The Hall–Kier alpha value is -1.80. The first-order valence-electron chi connectivity index (χ1n) is 6.53. The highest BCUT2D eigenvalue weighted by Gasteiger charge is 2.45. The lowest BCUT2D eigenvalue weighted by atomic mass is 9.95. The van der Waals surface area contributed by atoms with Crippen molar-refractivity contribution in [3.63, 3.8) is 0 Å². The van der Waals surface area contributed by atoms with E-state index in [0.717, 1.165) is 12.8 Å². The van der Waals surface area contributed by atoms with Crippen LogP contribution in [0.25, 0.3) is 0 Å². The van der Waals surface area contributed by atoms with Gasteiger partial charge in [0.1, 0.15) is 5.76 Å². The molecule has 102 valence electrons. The molecule has 1 aromatic rings. The highest BCUT2D eigenvalue weighted by molar-refractivity contribution is 5.86. The van der Waals surface area contributed by atoms with E-state index in [-0.39, 0.29) is 11.8 Å². The quantitative estimate of drug-likeness (QED) is 0.844. The van der Waals surface area contributed by atoms with Gasteiger partial charge in [0, 0.05) is 6.54 Å². The van der Waals surface area contributed by atoms with Crippen LogP contribution in [0.15, 0.2) is 22.8 Å². The Morgan fingerprint density at radius 2 is 2.42 bits per heavy atom. The van der Waals surface area contributed by atoms with Gasteiger partial charge in [-0.2, -0.15) is 5.26 Å². The Labute approximate surface area is 113 Å². The van der Waals surface area contributed by atoms with E-state index >= 15 is 0 Å². The normalized spacial score (nSPS) is 17.5. The molecule has 2 N–H and O–H groups in total. The third kappa shape index (κ3) is 3.15. The monoisotopic (exact) mass is 261 g/mol. The van der Waals surface area contributed by atoms with Crippen molar-refractivity contribution in [1.29, 1.82) is 5.26 Å². The van der Waals surface area contributed by atoms with Crippen LogP contribution in [0.4, 0.5) is 0 Å². The Morgan fingerprint density at radius 3 is 2.95 bits per heavy atom. The van der Waals surface area contributed by atoms with E-state index in [4.69, 9.17) is 15.4 Å². The fourth-order valence-electron chi connectivity index (χ4n) is 2.23. The molecule has 1 aromatic heterocycles. The van der Waals surface area contributed by atoms with E-state index < -0.39 is 5.54 Å². The summed E-state index contributed by atoms with van der Waals surface area (Å²) in [6, 6.07) is 5.66. The molecule has 5 heteroatoms. The van der Waals surface area contributed by atoms with Crippen LogP contribution in [-0.2, 0) is 11.3 Å². The number of nitrogens with two attached hydrogens (primary N) is 1. The standard InChI is InChI=1S/C14H19N3O2/c1-14(16,11-5-6-11)13(18)17(8-3-7-15)10-12-4-2-9-19-12/h2,4,9,11H,3,5-6,8,10,16H2,1H3. The minimum absolute atomic E-state index is 0.0957. The number of nitrogens with zero attached hydrogens (tertiary/aromatic N) is 2. The second-order valence-electron chi connectivity index (χ2n) is 5.27. The molecule has 2 rings (SSSR count). The minimum atomic E-state index is -0.831. The Bertz CT molecular complexity index is 469. The van der Waals surface area contributed by atoms with Gasteiger partial charge >= 0.3 is 0 Å². The average Bonchev–Trinajstić information content (AvgIpc) is 3.13. The van der Waals surface area contributed by atoms with Crippen LogP contribution in [0.3, 0.4) is 0 Å². The van der Waals surface area contributed by atoms with Crippen LogP contribution in [0.5, 0.6) is 0 Å². The van der Waals surface area contributed by atoms with Gasteiger partial charge in [-0.3, -0.25) is 4.79 Å². The maximum absolute atomic E-state index is 12.5. The first-order valence-corrected chi connectivity index (χ1v) is 6.53. The summed E-state index contributed by atoms with van der Waals surface area (Å²) in [5, 5.41) is 8.70. The summed E-state index contributed by atoms with van der Waals surface area (Å²) < 4.78 is 5.27. The molecule has 0 aromatic carbocycles. The van der Waals surface area contributed by atoms with Crippen LogP contribution in [-0.4, -0.2) is 22.9 Å². The number of hydrogen-bond acceptors (Lipinski definition) is 4. The number of carbonyl (C=O) groups excluding carboxylic acids is 1. The van der Waals surface area contributed by atoms with Gasteiger partial charge in [0.05, 0.1) is 30.8 Å². The zero-order chi connectivity index (χ0) is 13.9. The minimum Gasteiger partial charge on any atom is -0.467 e. The summed E-state index contributed by atoms with van der Waals surface area (Å²) >= 11 is 0. The van der Waals surface area contributed by atoms with E-state index in [1.807, 2.05) is 6.07 Å². The van der Waals surface area contributed by atoms with Crippen molar-refractivity contribution in [1.82, 2.24) is 4.90 Å². The van der Waals surface area contributed by atoms with Crippen LogP contribution >= 0.6 is 0 Å². The van der Waals surface area contributed by atoms with Gasteiger partial charge in [-0.15, -0.1) is 0 Å². The summed E-state index contributed by atoms with van der Waals surface area (Å²) in [6.07, 6.45) is 3.88. The second kappa shape index (κ2) is 5.45. The van der Waals surface area contributed by atoms with Gasteiger partial charge < -0.3 is 15.1 Å². The van der Waals surface area contributed by atoms with Gasteiger partial charge in [-0.25, -0.2) is 0 Å². The fourth-order valence-corrected chi connectivity index (χ4v) is 2.23. The number of furan rings is 1. The number of amides is 1. The van der Waals surface area contributed by atoms with Crippen molar-refractivity contribution in [2.75, 3.05) is 6.54 Å². The number of carbonyl (C=O) groups is 1. The maximum Gasteiger partial charge on any atom is 0.243 e. The largest absolute Gasteiger partial charge is 0.467 e. The summed E-state index contributed by atoms with van der Waals surface area (Å²) in [4.78, 5) is 14.2. The van der Waals surface area contributed by atoms with Gasteiger partial charge in [-0.1, -0.05) is 0 Å². The lowest BCUT2D eigenvalue weighted by Gasteiger charge is -2.31. The summed E-state index contributed by atoms with van der Waals surface area (Å²) in [6.45, 7) is 2.54. The van der Waals surface area contributed by atoms with Gasteiger partial charge in [0.25, 0.3) is 0 Å². The van der Waals surface area contributed by atoms with Gasteiger partial charge in [0.15, 0.2) is 0 Å². The predicted octanol–water partition coefficient (Wildman–Crippen LogP) is 1.65. The molecule has 19 heavy (non-hydrogen) atoms. The van der Waals surface area contributed by atoms with Gasteiger partial charge in [0.2, 0.25) is 5.91 Å².